The second-order valence-electron chi connectivity index (χ2n) is 6.17. The summed E-state index contributed by atoms with van der Waals surface area (Å²) in [5.74, 6) is -0.776. The van der Waals surface area contributed by atoms with Crippen LogP contribution in [0.1, 0.15) is 53.4 Å². The number of halogens is 3. The Balaban J connectivity index is 2.14. The molecule has 5 N–H and O–H groups in total. The highest BCUT2D eigenvalue weighted by Gasteiger charge is 2.35. The molecule has 0 bridgehead atoms. The molecular formula is C16H21Cl3N4O2S2. The van der Waals surface area contributed by atoms with Gasteiger partial charge in [0.2, 0.25) is 9.70 Å². The fraction of sp³-hybridized carbons (Fsp3) is 0.562. The predicted octanol–water partition coefficient (Wildman–Crippen LogP) is 3.62. The van der Waals surface area contributed by atoms with Crippen molar-refractivity contribution in [3.8, 4) is 0 Å². The van der Waals surface area contributed by atoms with E-state index in [1.165, 1.54) is 11.3 Å². The number of rotatable bonds is 6. The molecule has 0 saturated carbocycles. The van der Waals surface area contributed by atoms with E-state index in [-0.39, 0.29) is 11.0 Å². The van der Waals surface area contributed by atoms with Crippen molar-refractivity contribution in [2.24, 2.45) is 5.73 Å². The van der Waals surface area contributed by atoms with Gasteiger partial charge in [0.25, 0.3) is 5.91 Å². The van der Waals surface area contributed by atoms with Gasteiger partial charge in [0.1, 0.15) is 11.2 Å². The van der Waals surface area contributed by atoms with E-state index >= 15 is 0 Å². The summed E-state index contributed by atoms with van der Waals surface area (Å²) in [5, 5.41) is 9.04. The quantitative estimate of drug-likeness (QED) is 0.289. The molecule has 6 nitrogen and oxygen atoms in total. The van der Waals surface area contributed by atoms with Gasteiger partial charge in [-0.2, -0.15) is 0 Å². The standard InChI is InChI=1S/C16H21Cl3N4O2S2/c1-2-5-10(24)21-14(16(17,18)19)23-15(26)22-13-11(12(20)25)8-6-3-4-7-9(8)27-13/h14H,2-7H2,1H3,(H2,20,25)(H,21,24)(H2,22,23,26)/t14-/m0/s1. The van der Waals surface area contributed by atoms with Crippen LogP contribution in [0.25, 0.3) is 0 Å². The molecule has 1 aromatic rings. The molecule has 1 aliphatic carbocycles. The van der Waals surface area contributed by atoms with Crippen LogP contribution in [-0.2, 0) is 17.6 Å². The number of carbonyl (C=O) groups is 2. The molecule has 0 unspecified atom stereocenters. The van der Waals surface area contributed by atoms with Gasteiger partial charge in [-0.1, -0.05) is 41.7 Å². The Hall–Kier alpha value is -0.800. The molecule has 150 valence electrons. The molecule has 1 aromatic heterocycles. The molecule has 1 heterocycles. The Morgan fingerprint density at radius 3 is 2.52 bits per heavy atom. The molecule has 11 heteroatoms. The normalized spacial score (nSPS) is 14.8. The lowest BCUT2D eigenvalue weighted by Crippen LogP contribution is -2.56. The second kappa shape index (κ2) is 9.60. The predicted molar refractivity (Wildman–Crippen MR) is 116 cm³/mol. The number of thiophene rings is 1. The van der Waals surface area contributed by atoms with E-state index in [0.717, 1.165) is 36.1 Å². The third kappa shape index (κ3) is 6.09. The first-order valence-corrected chi connectivity index (χ1v) is 10.9. The molecule has 0 aliphatic heterocycles. The molecular weight excluding hydrogens is 451 g/mol. The minimum absolute atomic E-state index is 0.115. The number of thiocarbonyl (C=S) groups is 1. The number of anilines is 1. The average molecular weight is 472 g/mol. The summed E-state index contributed by atoms with van der Waals surface area (Å²) in [4.78, 5) is 24.9. The summed E-state index contributed by atoms with van der Waals surface area (Å²) in [7, 11) is 0. The summed E-state index contributed by atoms with van der Waals surface area (Å²) in [5.41, 5.74) is 7.01. The lowest BCUT2D eigenvalue weighted by Gasteiger charge is -2.27. The van der Waals surface area contributed by atoms with Crippen molar-refractivity contribution in [2.75, 3.05) is 5.32 Å². The molecule has 0 radical (unpaired) electrons. The summed E-state index contributed by atoms with van der Waals surface area (Å²) >= 11 is 24.6. The van der Waals surface area contributed by atoms with Crippen molar-refractivity contribution in [3.05, 3.63) is 16.0 Å². The third-order valence-electron chi connectivity index (χ3n) is 4.03. The maximum atomic E-state index is 11.9. The molecule has 27 heavy (non-hydrogen) atoms. The zero-order valence-corrected chi connectivity index (χ0v) is 18.6. The van der Waals surface area contributed by atoms with Crippen LogP contribution in [-0.4, -0.2) is 26.9 Å². The zero-order valence-electron chi connectivity index (χ0n) is 14.7. The van der Waals surface area contributed by atoms with E-state index in [0.29, 0.717) is 23.4 Å². The fourth-order valence-electron chi connectivity index (χ4n) is 2.84. The van der Waals surface area contributed by atoms with Crippen LogP contribution in [0.15, 0.2) is 0 Å². The van der Waals surface area contributed by atoms with Crippen LogP contribution in [0, 0.1) is 0 Å². The highest BCUT2D eigenvalue weighted by atomic mass is 35.6. The molecule has 1 aliphatic rings. The number of alkyl halides is 3. The van der Waals surface area contributed by atoms with Crippen molar-refractivity contribution >= 4 is 80.3 Å². The van der Waals surface area contributed by atoms with Crippen LogP contribution in [0.2, 0.25) is 0 Å². The van der Waals surface area contributed by atoms with Gasteiger partial charge in [-0.3, -0.25) is 9.59 Å². The van der Waals surface area contributed by atoms with Gasteiger partial charge in [0.05, 0.1) is 5.56 Å². The monoisotopic (exact) mass is 470 g/mol. The van der Waals surface area contributed by atoms with Crippen LogP contribution >= 0.6 is 58.4 Å². The van der Waals surface area contributed by atoms with Crippen LogP contribution < -0.4 is 21.7 Å². The number of nitrogens with two attached hydrogens (primary N) is 1. The molecule has 0 aromatic carbocycles. The number of aryl methyl sites for hydroxylation is 1. The van der Waals surface area contributed by atoms with Gasteiger partial charge in [-0.25, -0.2) is 0 Å². The number of nitrogens with one attached hydrogen (secondary N) is 3. The van der Waals surface area contributed by atoms with E-state index in [1.807, 2.05) is 6.92 Å². The number of hydrogen-bond acceptors (Lipinski definition) is 4. The van der Waals surface area contributed by atoms with E-state index in [2.05, 4.69) is 16.0 Å². The number of fused-ring (bicyclic) bond motifs is 1. The van der Waals surface area contributed by atoms with E-state index < -0.39 is 15.9 Å². The minimum atomic E-state index is -1.82. The van der Waals surface area contributed by atoms with E-state index in [1.54, 1.807) is 0 Å². The van der Waals surface area contributed by atoms with Gasteiger partial charge >= 0.3 is 0 Å². The maximum Gasteiger partial charge on any atom is 0.251 e. The highest BCUT2D eigenvalue weighted by Crippen LogP contribution is 2.38. The number of amides is 2. The van der Waals surface area contributed by atoms with Gasteiger partial charge < -0.3 is 21.7 Å². The summed E-state index contributed by atoms with van der Waals surface area (Å²) in [6.07, 6.45) is 3.74. The number of hydrogen-bond donors (Lipinski definition) is 4. The van der Waals surface area contributed by atoms with Crippen LogP contribution in [0.4, 0.5) is 5.00 Å². The lowest BCUT2D eigenvalue weighted by atomic mass is 9.95. The molecule has 2 rings (SSSR count). The van der Waals surface area contributed by atoms with Crippen molar-refractivity contribution in [1.82, 2.24) is 10.6 Å². The first kappa shape index (κ1) is 22.5. The average Bonchev–Trinajstić information content (AvgIpc) is 2.91. The van der Waals surface area contributed by atoms with Crippen molar-refractivity contribution in [1.29, 1.82) is 0 Å². The van der Waals surface area contributed by atoms with Gasteiger partial charge in [0, 0.05) is 11.3 Å². The molecule has 1 atom stereocenters. The van der Waals surface area contributed by atoms with E-state index in [9.17, 15) is 9.59 Å². The summed E-state index contributed by atoms with van der Waals surface area (Å²) in [6, 6.07) is 0. The fourth-order valence-corrected chi connectivity index (χ4v) is 4.76. The molecule has 0 saturated heterocycles. The highest BCUT2D eigenvalue weighted by molar-refractivity contribution is 7.80. The smallest absolute Gasteiger partial charge is 0.251 e. The van der Waals surface area contributed by atoms with E-state index in [4.69, 9.17) is 52.8 Å². The topological polar surface area (TPSA) is 96.2 Å². The second-order valence-corrected chi connectivity index (χ2v) is 10.1. The largest absolute Gasteiger partial charge is 0.365 e. The lowest BCUT2D eigenvalue weighted by molar-refractivity contribution is -0.121. The first-order valence-electron chi connectivity index (χ1n) is 8.51. The Bertz CT molecular complexity index is 734. The third-order valence-corrected chi connectivity index (χ3v) is 6.11. The molecule has 2 amide bonds. The minimum Gasteiger partial charge on any atom is -0.365 e. The van der Waals surface area contributed by atoms with Gasteiger partial charge in [-0.15, -0.1) is 11.3 Å². The van der Waals surface area contributed by atoms with Gasteiger partial charge in [-0.05, 0) is 49.9 Å². The SMILES string of the molecule is CCCC(=O)N[C@@H](NC(=S)Nc1sc2c(c1C(N)=O)CCCC2)C(Cl)(Cl)Cl. The number of carbonyl (C=O) groups excluding carboxylic acids is 2. The Morgan fingerprint density at radius 1 is 1.26 bits per heavy atom. The van der Waals surface area contributed by atoms with Crippen molar-refractivity contribution in [2.45, 2.75) is 55.4 Å². The van der Waals surface area contributed by atoms with Crippen molar-refractivity contribution in [3.63, 3.8) is 0 Å². The Kier molecular flexibility index (Phi) is 8.00. The summed E-state index contributed by atoms with van der Waals surface area (Å²) < 4.78 is -1.82. The van der Waals surface area contributed by atoms with Gasteiger partial charge in [0.15, 0.2) is 5.11 Å². The number of primary amides is 1. The van der Waals surface area contributed by atoms with Crippen molar-refractivity contribution < 1.29 is 9.59 Å². The Morgan fingerprint density at radius 2 is 1.93 bits per heavy atom. The first-order chi connectivity index (χ1) is 12.6. The Labute approximate surface area is 182 Å². The summed E-state index contributed by atoms with van der Waals surface area (Å²) in [6.45, 7) is 1.87. The molecule has 0 spiro atoms. The zero-order chi connectivity index (χ0) is 20.2. The van der Waals surface area contributed by atoms with Crippen LogP contribution in [0.5, 0.6) is 0 Å². The molecule has 0 fully saturated rings. The van der Waals surface area contributed by atoms with Crippen LogP contribution in [0.3, 0.4) is 0 Å². The maximum absolute atomic E-state index is 11.9.